The van der Waals surface area contributed by atoms with Crippen molar-refractivity contribution in [2.75, 3.05) is 11.9 Å². The lowest BCUT2D eigenvalue weighted by Gasteiger charge is -2.19. The Morgan fingerprint density at radius 3 is 2.56 bits per heavy atom. The third kappa shape index (κ3) is 3.53. The summed E-state index contributed by atoms with van der Waals surface area (Å²) in [6.45, 7) is 2.86. The van der Waals surface area contributed by atoms with Gasteiger partial charge in [0.2, 0.25) is 5.91 Å². The zero-order valence-electron chi connectivity index (χ0n) is 14.9. The Morgan fingerprint density at radius 2 is 1.96 bits per heavy atom. The predicted molar refractivity (Wildman–Crippen MR) is 95.4 cm³/mol. The van der Waals surface area contributed by atoms with Crippen LogP contribution >= 0.6 is 0 Å². The molecule has 8 heteroatoms. The highest BCUT2D eigenvalue weighted by molar-refractivity contribution is 6.10. The number of nitrogens with zero attached hydrogens (tertiary/aromatic N) is 2. The van der Waals surface area contributed by atoms with Crippen LogP contribution in [0.25, 0.3) is 0 Å². The van der Waals surface area contributed by atoms with Gasteiger partial charge in [-0.15, -0.1) is 0 Å². The molecule has 0 spiro atoms. The van der Waals surface area contributed by atoms with Gasteiger partial charge in [0.1, 0.15) is 18.1 Å². The van der Waals surface area contributed by atoms with E-state index in [9.17, 15) is 14.4 Å². The fraction of sp³-hybridized carbons (Fsp3) is 0.263. The Balaban J connectivity index is 1.68. The second kappa shape index (κ2) is 6.96. The third-order valence-electron chi connectivity index (χ3n) is 4.33. The molecule has 1 saturated heterocycles. The van der Waals surface area contributed by atoms with Crippen molar-refractivity contribution in [1.82, 2.24) is 10.2 Å². The smallest absolute Gasteiger partial charge is 0.325 e. The molecular formula is C19H18N4O4. The molecule has 1 aromatic carbocycles. The van der Waals surface area contributed by atoms with Crippen LogP contribution < -0.4 is 10.6 Å². The molecule has 1 atom stereocenters. The largest absolute Gasteiger partial charge is 0.463 e. The van der Waals surface area contributed by atoms with E-state index in [4.69, 9.17) is 9.68 Å². The molecule has 1 aliphatic heterocycles. The van der Waals surface area contributed by atoms with Crippen LogP contribution in [0.5, 0.6) is 0 Å². The van der Waals surface area contributed by atoms with E-state index in [0.29, 0.717) is 17.2 Å². The van der Waals surface area contributed by atoms with E-state index < -0.39 is 29.9 Å². The molecule has 0 bridgehead atoms. The molecule has 2 N–H and O–H groups in total. The van der Waals surface area contributed by atoms with Crippen molar-refractivity contribution in [3.05, 3.63) is 53.5 Å². The topological polar surface area (TPSA) is 115 Å². The van der Waals surface area contributed by atoms with Gasteiger partial charge in [0, 0.05) is 5.69 Å². The number of furan rings is 1. The molecule has 0 saturated carbocycles. The molecule has 4 amide bonds. The Kier molecular flexibility index (Phi) is 4.69. The molecule has 2 aromatic rings. The van der Waals surface area contributed by atoms with Crippen LogP contribution in [-0.2, 0) is 21.5 Å². The van der Waals surface area contributed by atoms with Gasteiger partial charge in [-0.2, -0.15) is 5.26 Å². The summed E-state index contributed by atoms with van der Waals surface area (Å²) in [5, 5.41) is 13.9. The molecule has 1 aromatic heterocycles. The molecule has 3 rings (SSSR count). The van der Waals surface area contributed by atoms with Crippen LogP contribution in [0.1, 0.15) is 24.0 Å². The number of rotatable bonds is 5. The molecule has 0 unspecified atom stereocenters. The summed E-state index contributed by atoms with van der Waals surface area (Å²) in [4.78, 5) is 38.1. The zero-order valence-corrected chi connectivity index (χ0v) is 14.9. The molecule has 0 aliphatic carbocycles. The number of urea groups is 1. The molecule has 27 heavy (non-hydrogen) atoms. The number of aryl methyl sites for hydroxylation is 1. The lowest BCUT2D eigenvalue weighted by molar-refractivity contribution is -0.134. The maximum Gasteiger partial charge on any atom is 0.325 e. The number of carbonyl (C=O) groups is 3. The van der Waals surface area contributed by atoms with Crippen LogP contribution in [0.3, 0.4) is 0 Å². The fourth-order valence-electron chi connectivity index (χ4n) is 2.85. The fourth-order valence-corrected chi connectivity index (χ4v) is 2.85. The number of nitriles is 1. The molecule has 1 aliphatic rings. The minimum atomic E-state index is -1.34. The lowest BCUT2D eigenvalue weighted by atomic mass is 9.99. The van der Waals surface area contributed by atoms with Crippen LogP contribution in [0.4, 0.5) is 10.5 Å². The molecule has 0 radical (unpaired) electrons. The third-order valence-corrected chi connectivity index (χ3v) is 4.33. The highest BCUT2D eigenvalue weighted by Crippen LogP contribution is 2.30. The number of hydrogen-bond donors (Lipinski definition) is 2. The van der Waals surface area contributed by atoms with E-state index in [-0.39, 0.29) is 6.42 Å². The van der Waals surface area contributed by atoms with Gasteiger partial charge in [0.25, 0.3) is 5.91 Å². The minimum Gasteiger partial charge on any atom is -0.463 e. The van der Waals surface area contributed by atoms with Crippen LogP contribution in [0.2, 0.25) is 0 Å². The average molecular weight is 366 g/mol. The van der Waals surface area contributed by atoms with Crippen LogP contribution in [0, 0.1) is 18.3 Å². The maximum atomic E-state index is 12.7. The summed E-state index contributed by atoms with van der Waals surface area (Å²) in [5.74, 6) is -0.133. The first kappa shape index (κ1) is 18.2. The summed E-state index contributed by atoms with van der Waals surface area (Å²) in [6.07, 6.45) is 0.279. The van der Waals surface area contributed by atoms with E-state index in [1.165, 1.54) is 6.92 Å². The second-order valence-electron chi connectivity index (χ2n) is 6.44. The van der Waals surface area contributed by atoms with Crippen molar-refractivity contribution in [1.29, 1.82) is 5.26 Å². The van der Waals surface area contributed by atoms with E-state index in [1.807, 2.05) is 6.07 Å². The highest BCUT2D eigenvalue weighted by Gasteiger charge is 2.51. The molecule has 1 fully saturated rings. The molecule has 138 valence electrons. The standard InChI is InChI=1S/C19H18N4O4/c1-12-3-8-15(27-12)19(2)17(25)23(18(26)22-19)11-16(24)21-14-6-4-13(5-7-14)9-10-20/h3-8H,9,11H2,1-2H3,(H,21,24)(H,22,26)/t19-/m0/s1. The number of anilines is 1. The molecule has 8 nitrogen and oxygen atoms in total. The van der Waals surface area contributed by atoms with Crippen molar-refractivity contribution in [2.24, 2.45) is 0 Å². The summed E-state index contributed by atoms with van der Waals surface area (Å²) in [7, 11) is 0. The van der Waals surface area contributed by atoms with E-state index in [1.54, 1.807) is 43.3 Å². The first-order valence-electron chi connectivity index (χ1n) is 8.30. The molecular weight excluding hydrogens is 348 g/mol. The zero-order chi connectivity index (χ0) is 19.6. The van der Waals surface area contributed by atoms with E-state index in [0.717, 1.165) is 10.5 Å². The van der Waals surface area contributed by atoms with Gasteiger partial charge in [-0.3, -0.25) is 14.5 Å². The SMILES string of the molecule is Cc1ccc([C@]2(C)NC(=O)N(CC(=O)Nc3ccc(CC#N)cc3)C2=O)o1. The van der Waals surface area contributed by atoms with Gasteiger partial charge in [0.15, 0.2) is 5.54 Å². The average Bonchev–Trinajstić information content (AvgIpc) is 3.15. The Morgan fingerprint density at radius 1 is 1.26 bits per heavy atom. The molecule has 2 heterocycles. The number of imide groups is 1. The summed E-state index contributed by atoms with van der Waals surface area (Å²) < 4.78 is 5.48. The predicted octanol–water partition coefficient (Wildman–Crippen LogP) is 2.06. The number of amides is 4. The number of benzene rings is 1. The van der Waals surface area contributed by atoms with Crippen molar-refractivity contribution >= 4 is 23.5 Å². The van der Waals surface area contributed by atoms with Gasteiger partial charge < -0.3 is 15.1 Å². The van der Waals surface area contributed by atoms with Gasteiger partial charge in [0.05, 0.1) is 12.5 Å². The first-order chi connectivity index (χ1) is 12.8. The number of hydrogen-bond acceptors (Lipinski definition) is 5. The Bertz CT molecular complexity index is 941. The Labute approximate surface area is 155 Å². The van der Waals surface area contributed by atoms with Gasteiger partial charge in [-0.25, -0.2) is 4.79 Å². The summed E-state index contributed by atoms with van der Waals surface area (Å²) >= 11 is 0. The summed E-state index contributed by atoms with van der Waals surface area (Å²) in [6, 6.07) is 11.5. The number of nitrogens with one attached hydrogen (secondary N) is 2. The van der Waals surface area contributed by atoms with Gasteiger partial charge in [-0.05, 0) is 43.7 Å². The van der Waals surface area contributed by atoms with Crippen LogP contribution in [0.15, 0.2) is 40.8 Å². The lowest BCUT2D eigenvalue weighted by Crippen LogP contribution is -2.41. The number of carbonyl (C=O) groups excluding carboxylic acids is 3. The minimum absolute atomic E-state index is 0.279. The summed E-state index contributed by atoms with van der Waals surface area (Å²) in [5.41, 5.74) is -0.00263. The maximum absolute atomic E-state index is 12.7. The van der Waals surface area contributed by atoms with Crippen molar-refractivity contribution in [3.63, 3.8) is 0 Å². The van der Waals surface area contributed by atoms with Gasteiger partial charge >= 0.3 is 6.03 Å². The second-order valence-corrected chi connectivity index (χ2v) is 6.44. The van der Waals surface area contributed by atoms with E-state index in [2.05, 4.69) is 10.6 Å². The first-order valence-corrected chi connectivity index (χ1v) is 8.30. The van der Waals surface area contributed by atoms with Crippen molar-refractivity contribution < 1.29 is 18.8 Å². The van der Waals surface area contributed by atoms with Crippen molar-refractivity contribution in [3.8, 4) is 6.07 Å². The quantitative estimate of drug-likeness (QED) is 0.786. The van der Waals surface area contributed by atoms with Gasteiger partial charge in [-0.1, -0.05) is 12.1 Å². The monoisotopic (exact) mass is 366 g/mol. The van der Waals surface area contributed by atoms with Crippen LogP contribution in [-0.4, -0.2) is 29.3 Å². The highest BCUT2D eigenvalue weighted by atomic mass is 16.3. The Hall–Kier alpha value is -3.60. The van der Waals surface area contributed by atoms with E-state index >= 15 is 0 Å². The normalized spacial score (nSPS) is 18.9. The van der Waals surface area contributed by atoms with Crippen molar-refractivity contribution in [2.45, 2.75) is 25.8 Å².